The molecule has 0 spiro atoms. The molecule has 6 heteroatoms. The molecule has 2 aromatic rings. The molecule has 1 unspecified atom stereocenters. The molecule has 0 aliphatic carbocycles. The molecule has 0 N–H and O–H groups in total. The number of hydrogen-bond donors (Lipinski definition) is 0. The lowest BCUT2D eigenvalue weighted by atomic mass is 9.95. The molecule has 0 amide bonds. The lowest BCUT2D eigenvalue weighted by Crippen LogP contribution is -2.34. The van der Waals surface area contributed by atoms with Gasteiger partial charge in [0.2, 0.25) is 0 Å². The van der Waals surface area contributed by atoms with Crippen LogP contribution in [-0.4, -0.2) is 57.4 Å². The maximum absolute atomic E-state index is 4.91. The summed E-state index contributed by atoms with van der Waals surface area (Å²) >= 11 is 0. The van der Waals surface area contributed by atoms with E-state index in [4.69, 9.17) is 9.97 Å². The SMILES string of the molecule is CC(CCN(C)c1nc(C(C)(C)C)nc2c1cnn2C)N1CCCC1. The van der Waals surface area contributed by atoms with Gasteiger partial charge in [0.05, 0.1) is 11.6 Å². The van der Waals surface area contributed by atoms with Crippen LogP contribution < -0.4 is 4.90 Å². The Morgan fingerprint density at radius 3 is 2.52 bits per heavy atom. The highest BCUT2D eigenvalue weighted by atomic mass is 15.3. The van der Waals surface area contributed by atoms with Gasteiger partial charge in [-0.3, -0.25) is 4.68 Å². The van der Waals surface area contributed by atoms with Crippen LogP contribution in [0.4, 0.5) is 5.82 Å². The van der Waals surface area contributed by atoms with Crippen LogP contribution in [0.1, 0.15) is 52.8 Å². The minimum Gasteiger partial charge on any atom is -0.359 e. The van der Waals surface area contributed by atoms with Crippen molar-refractivity contribution in [2.75, 3.05) is 31.6 Å². The van der Waals surface area contributed by atoms with Crippen molar-refractivity contribution in [2.45, 2.75) is 58.4 Å². The number of hydrogen-bond acceptors (Lipinski definition) is 5. The minimum absolute atomic E-state index is 0.0864. The standard InChI is InChI=1S/C19H32N6/c1-14(25-10-7-8-11-25)9-12-23(5)16-15-13-20-24(6)17(15)22-18(21-16)19(2,3)4/h13-14H,7-12H2,1-6H3. The summed E-state index contributed by atoms with van der Waals surface area (Å²) in [6.45, 7) is 12.3. The smallest absolute Gasteiger partial charge is 0.163 e. The van der Waals surface area contributed by atoms with Gasteiger partial charge in [-0.1, -0.05) is 20.8 Å². The van der Waals surface area contributed by atoms with Gasteiger partial charge >= 0.3 is 0 Å². The first-order chi connectivity index (χ1) is 11.8. The van der Waals surface area contributed by atoms with Gasteiger partial charge in [0, 0.05) is 32.1 Å². The van der Waals surface area contributed by atoms with Crippen LogP contribution >= 0.6 is 0 Å². The van der Waals surface area contributed by atoms with Crippen molar-refractivity contribution in [1.29, 1.82) is 0 Å². The molecule has 1 saturated heterocycles. The molecule has 138 valence electrons. The minimum atomic E-state index is -0.0864. The molecule has 0 radical (unpaired) electrons. The summed E-state index contributed by atoms with van der Waals surface area (Å²) in [5.74, 6) is 1.87. The molecule has 1 fully saturated rings. The fourth-order valence-corrected chi connectivity index (χ4v) is 3.48. The van der Waals surface area contributed by atoms with E-state index in [0.717, 1.165) is 35.6 Å². The van der Waals surface area contributed by atoms with E-state index < -0.39 is 0 Å². The second-order valence-electron chi connectivity index (χ2n) is 8.43. The Bertz CT molecular complexity index is 723. The second kappa shape index (κ2) is 6.90. The lowest BCUT2D eigenvalue weighted by Gasteiger charge is -2.27. The van der Waals surface area contributed by atoms with Crippen molar-refractivity contribution in [3.8, 4) is 0 Å². The molecule has 1 aliphatic rings. The summed E-state index contributed by atoms with van der Waals surface area (Å²) in [6, 6.07) is 0.623. The second-order valence-corrected chi connectivity index (χ2v) is 8.43. The van der Waals surface area contributed by atoms with Gasteiger partial charge in [0.25, 0.3) is 0 Å². The van der Waals surface area contributed by atoms with Gasteiger partial charge in [-0.2, -0.15) is 5.10 Å². The first-order valence-electron chi connectivity index (χ1n) is 9.43. The monoisotopic (exact) mass is 344 g/mol. The highest BCUT2D eigenvalue weighted by Crippen LogP contribution is 2.28. The van der Waals surface area contributed by atoms with E-state index in [1.807, 2.05) is 17.9 Å². The Morgan fingerprint density at radius 1 is 1.20 bits per heavy atom. The predicted octanol–water partition coefficient (Wildman–Crippen LogP) is 2.97. The van der Waals surface area contributed by atoms with Crippen LogP contribution in [0.3, 0.4) is 0 Å². The first-order valence-corrected chi connectivity index (χ1v) is 9.43. The zero-order chi connectivity index (χ0) is 18.2. The predicted molar refractivity (Wildman–Crippen MR) is 103 cm³/mol. The molecule has 0 saturated carbocycles. The van der Waals surface area contributed by atoms with Gasteiger partial charge in [-0.15, -0.1) is 0 Å². The van der Waals surface area contributed by atoms with E-state index in [-0.39, 0.29) is 5.41 Å². The average molecular weight is 345 g/mol. The van der Waals surface area contributed by atoms with Crippen LogP contribution in [0.25, 0.3) is 11.0 Å². The highest BCUT2D eigenvalue weighted by Gasteiger charge is 2.23. The Hall–Kier alpha value is -1.69. The number of likely N-dealkylation sites (tertiary alicyclic amines) is 1. The zero-order valence-electron chi connectivity index (χ0n) is 16.6. The molecule has 1 aliphatic heterocycles. The van der Waals surface area contributed by atoms with E-state index in [1.54, 1.807) is 0 Å². The summed E-state index contributed by atoms with van der Waals surface area (Å²) < 4.78 is 1.84. The fraction of sp³-hybridized carbons (Fsp3) is 0.737. The third kappa shape index (κ3) is 3.78. The molecule has 6 nitrogen and oxygen atoms in total. The van der Waals surface area contributed by atoms with Crippen LogP contribution in [0.15, 0.2) is 6.20 Å². The summed E-state index contributed by atoms with van der Waals surface area (Å²) in [6.07, 6.45) is 5.72. The fourth-order valence-electron chi connectivity index (χ4n) is 3.48. The quantitative estimate of drug-likeness (QED) is 0.834. The van der Waals surface area contributed by atoms with Crippen LogP contribution in [0.2, 0.25) is 0 Å². The summed E-state index contributed by atoms with van der Waals surface area (Å²) in [5.41, 5.74) is 0.825. The maximum atomic E-state index is 4.91. The number of aryl methyl sites for hydroxylation is 1. The van der Waals surface area contributed by atoms with Crippen molar-refractivity contribution in [3.05, 3.63) is 12.0 Å². The molecular weight excluding hydrogens is 312 g/mol. The van der Waals surface area contributed by atoms with E-state index >= 15 is 0 Å². The Kier molecular flexibility index (Phi) is 5.00. The highest BCUT2D eigenvalue weighted by molar-refractivity contribution is 5.86. The topological polar surface area (TPSA) is 50.1 Å². The largest absolute Gasteiger partial charge is 0.359 e. The van der Waals surface area contributed by atoms with Crippen molar-refractivity contribution < 1.29 is 0 Å². The number of nitrogens with zero attached hydrogens (tertiary/aromatic N) is 6. The van der Waals surface area contributed by atoms with Crippen molar-refractivity contribution in [1.82, 2.24) is 24.6 Å². The Labute approximate surface area is 151 Å². The lowest BCUT2D eigenvalue weighted by molar-refractivity contribution is 0.249. The van der Waals surface area contributed by atoms with Crippen LogP contribution in [-0.2, 0) is 12.5 Å². The molecule has 1 atom stereocenters. The number of fused-ring (bicyclic) bond motifs is 1. The Morgan fingerprint density at radius 2 is 1.88 bits per heavy atom. The average Bonchev–Trinajstić information content (AvgIpc) is 3.21. The number of rotatable bonds is 5. The van der Waals surface area contributed by atoms with Gasteiger partial charge in [0.1, 0.15) is 11.6 Å². The zero-order valence-corrected chi connectivity index (χ0v) is 16.6. The summed E-state index contributed by atoms with van der Waals surface area (Å²) in [4.78, 5) is 14.5. The van der Waals surface area contributed by atoms with Crippen molar-refractivity contribution in [3.63, 3.8) is 0 Å². The molecule has 0 bridgehead atoms. The van der Waals surface area contributed by atoms with Gasteiger partial charge < -0.3 is 9.80 Å². The molecule has 3 heterocycles. The maximum Gasteiger partial charge on any atom is 0.163 e. The Balaban J connectivity index is 1.83. The third-order valence-electron chi connectivity index (χ3n) is 5.25. The number of anilines is 1. The van der Waals surface area contributed by atoms with Gasteiger partial charge in [0.15, 0.2) is 5.65 Å². The normalized spacial score (nSPS) is 17.4. The summed E-state index contributed by atoms with van der Waals surface area (Å²) in [7, 11) is 4.08. The van der Waals surface area contributed by atoms with Crippen LogP contribution in [0, 0.1) is 0 Å². The van der Waals surface area contributed by atoms with Crippen molar-refractivity contribution in [2.24, 2.45) is 7.05 Å². The summed E-state index contributed by atoms with van der Waals surface area (Å²) in [5, 5.41) is 5.43. The van der Waals surface area contributed by atoms with Crippen molar-refractivity contribution >= 4 is 16.9 Å². The van der Waals surface area contributed by atoms with E-state index in [9.17, 15) is 0 Å². The van der Waals surface area contributed by atoms with Gasteiger partial charge in [-0.25, -0.2) is 9.97 Å². The van der Waals surface area contributed by atoms with E-state index in [0.29, 0.717) is 6.04 Å². The molecule has 2 aromatic heterocycles. The molecular formula is C19H32N6. The molecule has 3 rings (SSSR count). The number of aromatic nitrogens is 4. The van der Waals surface area contributed by atoms with E-state index in [2.05, 4.69) is 49.6 Å². The first kappa shape index (κ1) is 18.1. The molecule has 0 aromatic carbocycles. The van der Waals surface area contributed by atoms with Gasteiger partial charge in [-0.05, 0) is 39.3 Å². The third-order valence-corrected chi connectivity index (χ3v) is 5.25. The molecule has 25 heavy (non-hydrogen) atoms. The van der Waals surface area contributed by atoms with Crippen LogP contribution in [0.5, 0.6) is 0 Å². The van der Waals surface area contributed by atoms with E-state index in [1.165, 1.54) is 25.9 Å².